The van der Waals surface area contributed by atoms with E-state index >= 15 is 0 Å². The number of nitrogens with one attached hydrogen (secondary N) is 2. The minimum atomic E-state index is -2.61. The second-order valence-corrected chi connectivity index (χ2v) is 11.5. The molecule has 166 valence electrons. The van der Waals surface area contributed by atoms with Gasteiger partial charge in [0.2, 0.25) is 5.31 Å². The summed E-state index contributed by atoms with van der Waals surface area (Å²) in [5.41, 5.74) is 1.58. The highest BCUT2D eigenvalue weighted by Gasteiger charge is 2.52. The van der Waals surface area contributed by atoms with E-state index in [0.29, 0.717) is 10.9 Å². The van der Waals surface area contributed by atoms with Crippen molar-refractivity contribution in [1.82, 2.24) is 5.32 Å². The molecule has 0 saturated carbocycles. The fourth-order valence-corrected chi connectivity index (χ4v) is 8.63. The van der Waals surface area contributed by atoms with Gasteiger partial charge in [0.05, 0.1) is 0 Å². The van der Waals surface area contributed by atoms with E-state index in [0.717, 1.165) is 21.5 Å². The minimum Gasteiger partial charge on any atom is -0.309 e. The van der Waals surface area contributed by atoms with Crippen LogP contribution in [0.15, 0.2) is 121 Å². The van der Waals surface area contributed by atoms with Gasteiger partial charge in [-0.05, 0) is 55.5 Å². The maximum atomic E-state index is 13.0. The van der Waals surface area contributed by atoms with Gasteiger partial charge in [0.1, 0.15) is 15.9 Å². The topological polar surface area (TPSA) is 53.0 Å². The first-order valence-electron chi connectivity index (χ1n) is 10.9. The quantitative estimate of drug-likeness (QED) is 0.173. The third-order valence-corrected chi connectivity index (χ3v) is 10.3. The highest BCUT2D eigenvalue weighted by atomic mass is 32.1. The number of rotatable bonds is 6. The molecule has 0 aliphatic carbocycles. The largest absolute Gasteiger partial charge is 0.309 e. The summed E-state index contributed by atoms with van der Waals surface area (Å²) in [7, 11) is -2.61. The molecule has 0 aromatic heterocycles. The Morgan fingerprint density at radius 2 is 1.15 bits per heavy atom. The van der Waals surface area contributed by atoms with E-state index in [1.165, 1.54) is 0 Å². The Morgan fingerprint density at radius 3 is 1.53 bits per heavy atom. The number of carbonyl (C=O) groups is 1. The van der Waals surface area contributed by atoms with Crippen molar-refractivity contribution in [3.63, 3.8) is 0 Å². The summed E-state index contributed by atoms with van der Waals surface area (Å²) in [5.74, 6) is 2.36. The Kier molecular flexibility index (Phi) is 7.25. The van der Waals surface area contributed by atoms with Gasteiger partial charge in [-0.3, -0.25) is 10.2 Å². The molecular formula is C29H24N2OPS+. The maximum Gasteiger partial charge on any atom is 0.256 e. The van der Waals surface area contributed by atoms with Crippen LogP contribution in [-0.4, -0.2) is 16.8 Å². The normalized spacial score (nSPS) is 10.7. The number of amides is 1. The SMILES string of the molecule is Cc1ccc(C(=O)NC(=S)C(=C=N)[P+](c2ccccc2)(c2ccccc2)c2ccccc2)cc1. The molecule has 1 amide bonds. The van der Waals surface area contributed by atoms with Crippen LogP contribution in [0.4, 0.5) is 0 Å². The molecule has 0 aliphatic rings. The molecule has 0 aliphatic heterocycles. The molecular weight excluding hydrogens is 455 g/mol. The second kappa shape index (κ2) is 10.5. The molecule has 0 fully saturated rings. The zero-order valence-corrected chi connectivity index (χ0v) is 20.4. The summed E-state index contributed by atoms with van der Waals surface area (Å²) < 4.78 is 0. The van der Waals surface area contributed by atoms with Crippen molar-refractivity contribution in [2.75, 3.05) is 0 Å². The van der Waals surface area contributed by atoms with Gasteiger partial charge in [-0.25, -0.2) is 0 Å². The number of hydrogen-bond donors (Lipinski definition) is 2. The molecule has 0 atom stereocenters. The third kappa shape index (κ3) is 4.53. The number of aryl methyl sites for hydroxylation is 1. The van der Waals surface area contributed by atoms with Crippen molar-refractivity contribution < 1.29 is 4.79 Å². The van der Waals surface area contributed by atoms with E-state index < -0.39 is 7.26 Å². The van der Waals surface area contributed by atoms with E-state index in [1.54, 1.807) is 12.1 Å². The average Bonchev–Trinajstić information content (AvgIpc) is 2.89. The summed E-state index contributed by atoms with van der Waals surface area (Å²) >= 11 is 5.80. The van der Waals surface area contributed by atoms with Gasteiger partial charge in [-0.2, -0.15) is 0 Å². The van der Waals surface area contributed by atoms with Gasteiger partial charge in [-0.15, -0.1) is 0 Å². The van der Waals surface area contributed by atoms with E-state index in [9.17, 15) is 4.79 Å². The van der Waals surface area contributed by atoms with Gasteiger partial charge < -0.3 is 5.32 Å². The first-order valence-corrected chi connectivity index (χ1v) is 13.1. The van der Waals surface area contributed by atoms with Gasteiger partial charge >= 0.3 is 0 Å². The van der Waals surface area contributed by atoms with Crippen LogP contribution < -0.4 is 21.2 Å². The fraction of sp³-hybridized carbons (Fsp3) is 0.0345. The van der Waals surface area contributed by atoms with E-state index in [-0.39, 0.29) is 10.9 Å². The monoisotopic (exact) mass is 479 g/mol. The standard InChI is InChI=1S/C29H23N2OPS/c1-22-17-19-23(20-18-22)28(32)31-29(34)27(21-30)33(24-11-5-2-6-12-24,25-13-7-3-8-14-25)26-15-9-4-10-16-26/h2-20,30H,1H3/p+1. The van der Waals surface area contributed by atoms with Crippen molar-refractivity contribution in [2.24, 2.45) is 0 Å². The van der Waals surface area contributed by atoms with Crippen molar-refractivity contribution >= 4 is 52.2 Å². The number of benzene rings is 4. The van der Waals surface area contributed by atoms with Crippen LogP contribution in [0, 0.1) is 12.3 Å². The first-order chi connectivity index (χ1) is 16.6. The summed E-state index contributed by atoms with van der Waals surface area (Å²) in [6.07, 6.45) is 0. The summed E-state index contributed by atoms with van der Waals surface area (Å²) in [4.78, 5) is 13.2. The fourth-order valence-electron chi connectivity index (χ4n) is 4.02. The van der Waals surface area contributed by atoms with Gasteiger partial charge in [0, 0.05) is 11.4 Å². The van der Waals surface area contributed by atoms with Gasteiger partial charge in [0.15, 0.2) is 12.3 Å². The smallest absolute Gasteiger partial charge is 0.256 e. The van der Waals surface area contributed by atoms with Gasteiger partial charge in [-0.1, -0.05) is 84.5 Å². The van der Waals surface area contributed by atoms with Crippen LogP contribution in [-0.2, 0) is 0 Å². The third-order valence-electron chi connectivity index (χ3n) is 5.64. The van der Waals surface area contributed by atoms with Crippen LogP contribution in [0.2, 0.25) is 0 Å². The predicted octanol–water partition coefficient (Wildman–Crippen LogP) is 5.18. The lowest BCUT2D eigenvalue weighted by Gasteiger charge is -2.28. The lowest BCUT2D eigenvalue weighted by atomic mass is 10.1. The van der Waals surface area contributed by atoms with Crippen LogP contribution in [0.3, 0.4) is 0 Å². The van der Waals surface area contributed by atoms with Crippen LogP contribution in [0.25, 0.3) is 0 Å². The molecule has 34 heavy (non-hydrogen) atoms. The number of thiocarbonyl (C=S) groups is 1. The molecule has 0 spiro atoms. The molecule has 4 aromatic carbocycles. The number of hydrogen-bond acceptors (Lipinski definition) is 3. The molecule has 3 nitrogen and oxygen atoms in total. The highest BCUT2D eigenvalue weighted by molar-refractivity contribution is 8.01. The molecule has 4 aromatic rings. The Morgan fingerprint density at radius 1 is 0.735 bits per heavy atom. The molecule has 0 bridgehead atoms. The van der Waals surface area contributed by atoms with Crippen LogP contribution in [0.5, 0.6) is 0 Å². The Bertz CT molecular complexity index is 1250. The Balaban J connectivity index is 1.90. The first kappa shape index (κ1) is 23.5. The highest BCUT2D eigenvalue weighted by Crippen LogP contribution is 2.61. The average molecular weight is 480 g/mol. The predicted molar refractivity (Wildman–Crippen MR) is 148 cm³/mol. The zero-order chi connectivity index (χ0) is 24.0. The molecule has 0 saturated heterocycles. The maximum absolute atomic E-state index is 13.0. The van der Waals surface area contributed by atoms with Crippen molar-refractivity contribution in [3.8, 4) is 0 Å². The van der Waals surface area contributed by atoms with Gasteiger partial charge in [0.25, 0.3) is 5.91 Å². The minimum absolute atomic E-state index is 0.213. The Labute approximate surface area is 206 Å². The van der Waals surface area contributed by atoms with Crippen molar-refractivity contribution in [2.45, 2.75) is 6.92 Å². The molecule has 0 unspecified atom stereocenters. The van der Waals surface area contributed by atoms with E-state index in [2.05, 4.69) is 47.6 Å². The summed E-state index contributed by atoms with van der Waals surface area (Å²) in [6, 6.07) is 37.6. The summed E-state index contributed by atoms with van der Waals surface area (Å²) in [5, 5.41) is 14.9. The Hall–Kier alpha value is -3.68. The lowest BCUT2D eigenvalue weighted by molar-refractivity contribution is 0.0978. The molecule has 4 rings (SSSR count). The second-order valence-electron chi connectivity index (χ2n) is 7.80. The molecule has 2 N–H and O–H groups in total. The van der Waals surface area contributed by atoms with Crippen LogP contribution >= 0.6 is 19.5 Å². The molecule has 0 heterocycles. The number of carbonyl (C=O) groups excluding carboxylic acids is 1. The van der Waals surface area contributed by atoms with Crippen LogP contribution in [0.1, 0.15) is 15.9 Å². The van der Waals surface area contributed by atoms with E-state index in [4.69, 9.17) is 17.6 Å². The zero-order valence-electron chi connectivity index (χ0n) is 18.7. The summed E-state index contributed by atoms with van der Waals surface area (Å²) in [6.45, 7) is 1.97. The van der Waals surface area contributed by atoms with E-state index in [1.807, 2.05) is 73.7 Å². The van der Waals surface area contributed by atoms with Crippen molar-refractivity contribution in [3.05, 3.63) is 132 Å². The molecule has 0 radical (unpaired) electrons. The van der Waals surface area contributed by atoms with Crippen molar-refractivity contribution in [1.29, 1.82) is 5.41 Å². The lowest BCUT2D eigenvalue weighted by Crippen LogP contribution is -2.39. The molecule has 5 heteroatoms.